The van der Waals surface area contributed by atoms with Crippen LogP contribution in [0.3, 0.4) is 0 Å². The lowest BCUT2D eigenvalue weighted by atomic mass is 10.2. The number of rotatable bonds is 2. The predicted octanol–water partition coefficient (Wildman–Crippen LogP) is 1.86. The Morgan fingerprint density at radius 3 is 2.62 bits per heavy atom. The van der Waals surface area contributed by atoms with Crippen LogP contribution < -0.4 is 5.73 Å². The molecular weight excluding hydrogens is 225 g/mol. The van der Waals surface area contributed by atoms with E-state index in [1.807, 2.05) is 0 Å². The molecule has 0 saturated heterocycles. The highest BCUT2D eigenvalue weighted by Crippen LogP contribution is 2.29. The number of alkyl halides is 3. The summed E-state index contributed by atoms with van der Waals surface area (Å²) >= 11 is 0. The van der Waals surface area contributed by atoms with Crippen molar-refractivity contribution in [2.75, 3.05) is 12.3 Å². The Labute approximate surface area is 89.2 Å². The van der Waals surface area contributed by atoms with E-state index < -0.39 is 17.8 Å². The molecule has 0 saturated carbocycles. The minimum absolute atomic E-state index is 0.0718. The van der Waals surface area contributed by atoms with Crippen molar-refractivity contribution in [2.45, 2.75) is 13.1 Å². The molecule has 0 spiro atoms. The van der Waals surface area contributed by atoms with Crippen LogP contribution in [-0.4, -0.2) is 17.6 Å². The Bertz CT molecular complexity index is 404. The zero-order valence-electron chi connectivity index (χ0n) is 8.34. The maximum Gasteiger partial charge on any atom is 0.433 e. The number of carbonyl (C=O) groups is 1. The van der Waals surface area contributed by atoms with Gasteiger partial charge < -0.3 is 10.5 Å². The quantitative estimate of drug-likeness (QED) is 0.793. The van der Waals surface area contributed by atoms with Crippen LogP contribution in [0.1, 0.15) is 23.0 Å². The number of hydrogen-bond acceptors (Lipinski definition) is 4. The van der Waals surface area contributed by atoms with E-state index in [-0.39, 0.29) is 18.0 Å². The Balaban J connectivity index is 3.13. The molecule has 0 aliphatic carbocycles. The smallest absolute Gasteiger partial charge is 0.433 e. The van der Waals surface area contributed by atoms with Crippen LogP contribution in [0.2, 0.25) is 0 Å². The number of pyridine rings is 1. The van der Waals surface area contributed by atoms with Gasteiger partial charge >= 0.3 is 12.1 Å². The summed E-state index contributed by atoms with van der Waals surface area (Å²) in [5, 5.41) is 0. The largest absolute Gasteiger partial charge is 0.462 e. The van der Waals surface area contributed by atoms with E-state index in [4.69, 9.17) is 5.73 Å². The molecule has 0 fully saturated rings. The summed E-state index contributed by atoms with van der Waals surface area (Å²) in [7, 11) is 0. The Kier molecular flexibility index (Phi) is 3.36. The summed E-state index contributed by atoms with van der Waals surface area (Å²) < 4.78 is 41.5. The van der Waals surface area contributed by atoms with Crippen molar-refractivity contribution in [1.29, 1.82) is 0 Å². The number of aromatic nitrogens is 1. The lowest BCUT2D eigenvalue weighted by Crippen LogP contribution is -2.13. The number of ether oxygens (including phenoxy) is 1. The fraction of sp³-hybridized carbons (Fsp3) is 0.333. The highest BCUT2D eigenvalue weighted by atomic mass is 19.4. The SMILES string of the molecule is CCOC(=O)c1cc(N)nc(C(F)(F)F)c1. The van der Waals surface area contributed by atoms with Gasteiger partial charge in [0.1, 0.15) is 11.5 Å². The van der Waals surface area contributed by atoms with Gasteiger partial charge in [-0.05, 0) is 19.1 Å². The molecule has 0 bridgehead atoms. The van der Waals surface area contributed by atoms with Crippen LogP contribution in [0.4, 0.5) is 19.0 Å². The second kappa shape index (κ2) is 4.38. The van der Waals surface area contributed by atoms with E-state index in [1.54, 1.807) is 6.92 Å². The Hall–Kier alpha value is -1.79. The number of nitrogen functional groups attached to an aromatic ring is 1. The van der Waals surface area contributed by atoms with Crippen molar-refractivity contribution in [3.05, 3.63) is 23.4 Å². The van der Waals surface area contributed by atoms with Gasteiger partial charge in [0.25, 0.3) is 0 Å². The first-order valence-corrected chi connectivity index (χ1v) is 4.36. The number of carbonyl (C=O) groups excluding carboxylic acids is 1. The summed E-state index contributed by atoms with van der Waals surface area (Å²) in [5.74, 6) is -1.24. The van der Waals surface area contributed by atoms with E-state index in [2.05, 4.69) is 9.72 Å². The summed E-state index contributed by atoms with van der Waals surface area (Å²) in [6.07, 6.45) is -4.64. The zero-order valence-corrected chi connectivity index (χ0v) is 8.34. The fourth-order valence-corrected chi connectivity index (χ4v) is 1.03. The van der Waals surface area contributed by atoms with E-state index in [0.717, 1.165) is 6.07 Å². The van der Waals surface area contributed by atoms with Crippen LogP contribution in [0, 0.1) is 0 Å². The molecule has 1 aromatic heterocycles. The summed E-state index contributed by atoms with van der Waals surface area (Å²) in [5.41, 5.74) is 3.70. The minimum atomic E-state index is -4.64. The van der Waals surface area contributed by atoms with E-state index >= 15 is 0 Å². The van der Waals surface area contributed by atoms with Crippen molar-refractivity contribution >= 4 is 11.8 Å². The van der Waals surface area contributed by atoms with Gasteiger partial charge in [0.05, 0.1) is 12.2 Å². The van der Waals surface area contributed by atoms with E-state index in [0.29, 0.717) is 6.07 Å². The van der Waals surface area contributed by atoms with Crippen molar-refractivity contribution in [3.8, 4) is 0 Å². The molecule has 0 atom stereocenters. The number of nitrogens with zero attached hydrogens (tertiary/aromatic N) is 1. The first-order chi connectivity index (χ1) is 7.34. The van der Waals surface area contributed by atoms with Gasteiger partial charge in [-0.15, -0.1) is 0 Å². The molecule has 0 aromatic carbocycles. The third-order valence-electron chi connectivity index (χ3n) is 1.65. The second-order valence-electron chi connectivity index (χ2n) is 2.88. The molecule has 16 heavy (non-hydrogen) atoms. The lowest BCUT2D eigenvalue weighted by molar-refractivity contribution is -0.141. The highest BCUT2D eigenvalue weighted by Gasteiger charge is 2.33. The van der Waals surface area contributed by atoms with Crippen molar-refractivity contribution < 1.29 is 22.7 Å². The molecule has 1 rings (SSSR count). The van der Waals surface area contributed by atoms with Crippen LogP contribution in [0.5, 0.6) is 0 Å². The molecule has 0 radical (unpaired) electrons. The van der Waals surface area contributed by atoms with E-state index in [1.165, 1.54) is 0 Å². The summed E-state index contributed by atoms with van der Waals surface area (Å²) in [6.45, 7) is 1.62. The van der Waals surface area contributed by atoms with Crippen LogP contribution in [-0.2, 0) is 10.9 Å². The molecule has 7 heteroatoms. The van der Waals surface area contributed by atoms with E-state index in [9.17, 15) is 18.0 Å². The fourth-order valence-electron chi connectivity index (χ4n) is 1.03. The number of esters is 1. The van der Waals surface area contributed by atoms with Crippen LogP contribution in [0.15, 0.2) is 12.1 Å². The van der Waals surface area contributed by atoms with Gasteiger partial charge in [-0.1, -0.05) is 0 Å². The average Bonchev–Trinajstić information content (AvgIpc) is 2.16. The van der Waals surface area contributed by atoms with Crippen molar-refractivity contribution in [3.63, 3.8) is 0 Å². The number of nitrogens with two attached hydrogens (primary N) is 1. The lowest BCUT2D eigenvalue weighted by Gasteiger charge is -2.08. The first-order valence-electron chi connectivity index (χ1n) is 4.36. The van der Waals surface area contributed by atoms with Crippen LogP contribution in [0.25, 0.3) is 0 Å². The summed E-state index contributed by atoms with van der Waals surface area (Å²) in [6, 6.07) is 1.64. The molecule has 0 aliphatic rings. The maximum absolute atomic E-state index is 12.3. The van der Waals surface area contributed by atoms with Gasteiger partial charge in [0.2, 0.25) is 0 Å². The van der Waals surface area contributed by atoms with Crippen LogP contribution >= 0.6 is 0 Å². The minimum Gasteiger partial charge on any atom is -0.462 e. The summed E-state index contributed by atoms with van der Waals surface area (Å²) in [4.78, 5) is 14.3. The number of anilines is 1. The molecule has 0 aliphatic heterocycles. The number of hydrogen-bond donors (Lipinski definition) is 1. The standard InChI is InChI=1S/C9H9F3N2O2/c1-2-16-8(15)5-3-6(9(10,11)12)14-7(13)4-5/h3-4H,2H2,1H3,(H2,13,14). The van der Waals surface area contributed by atoms with Gasteiger partial charge in [0, 0.05) is 0 Å². The van der Waals surface area contributed by atoms with Crippen molar-refractivity contribution in [2.24, 2.45) is 0 Å². The van der Waals surface area contributed by atoms with Crippen molar-refractivity contribution in [1.82, 2.24) is 4.98 Å². The Morgan fingerprint density at radius 2 is 2.12 bits per heavy atom. The third-order valence-corrected chi connectivity index (χ3v) is 1.65. The predicted molar refractivity (Wildman–Crippen MR) is 49.6 cm³/mol. The zero-order chi connectivity index (χ0) is 12.3. The molecule has 1 aromatic rings. The highest BCUT2D eigenvalue weighted by molar-refractivity contribution is 5.90. The molecule has 2 N–H and O–H groups in total. The average molecular weight is 234 g/mol. The molecule has 4 nitrogen and oxygen atoms in total. The topological polar surface area (TPSA) is 65.2 Å². The van der Waals surface area contributed by atoms with Gasteiger partial charge in [-0.3, -0.25) is 0 Å². The third kappa shape index (κ3) is 2.85. The Morgan fingerprint density at radius 1 is 1.50 bits per heavy atom. The molecular formula is C9H9F3N2O2. The monoisotopic (exact) mass is 234 g/mol. The molecule has 0 amide bonds. The second-order valence-corrected chi connectivity index (χ2v) is 2.88. The number of halogens is 3. The molecule has 1 heterocycles. The molecule has 88 valence electrons. The van der Waals surface area contributed by atoms with Gasteiger partial charge in [-0.25, -0.2) is 9.78 Å². The normalized spacial score (nSPS) is 11.2. The van der Waals surface area contributed by atoms with Gasteiger partial charge in [0.15, 0.2) is 0 Å². The first kappa shape index (κ1) is 12.3. The maximum atomic E-state index is 12.3. The van der Waals surface area contributed by atoms with Gasteiger partial charge in [-0.2, -0.15) is 13.2 Å². The molecule has 0 unspecified atom stereocenters.